The minimum atomic E-state index is -3.71. The van der Waals surface area contributed by atoms with E-state index in [4.69, 9.17) is 16.0 Å². The molecule has 28 heavy (non-hydrogen) atoms. The number of methoxy groups -OCH3 is 1. The number of rotatable bonds is 7. The highest BCUT2D eigenvalue weighted by atomic mass is 35.5. The Morgan fingerprint density at radius 1 is 1.14 bits per heavy atom. The number of esters is 1. The van der Waals surface area contributed by atoms with Gasteiger partial charge in [-0.25, -0.2) is 14.8 Å². The van der Waals surface area contributed by atoms with Crippen molar-refractivity contribution in [1.29, 1.82) is 0 Å². The van der Waals surface area contributed by atoms with Crippen LogP contribution in [0, 0.1) is 0 Å². The topological polar surface area (TPSA) is 65.2 Å². The molecular formula is C18H15ClF4N2O3. The molecule has 10 heteroatoms. The van der Waals surface area contributed by atoms with E-state index < -0.39 is 36.5 Å². The molecular weight excluding hydrogens is 404 g/mol. The van der Waals surface area contributed by atoms with Gasteiger partial charge in [-0.1, -0.05) is 23.7 Å². The van der Waals surface area contributed by atoms with E-state index in [1.807, 2.05) is 0 Å². The maximum absolute atomic E-state index is 14.5. The summed E-state index contributed by atoms with van der Waals surface area (Å²) >= 11 is 5.98. The average molecular weight is 419 g/mol. The smallest absolute Gasteiger partial charge is 0.376 e. The SMILES string of the molecule is COC(=O)C(F)(F)CCCCC(F)(F)c1nc(Cl)c2oc3ccccc3c2n1. The number of fused-ring (bicyclic) bond motifs is 3. The number of benzene rings is 1. The summed E-state index contributed by atoms with van der Waals surface area (Å²) in [5.74, 6) is -9.70. The highest BCUT2D eigenvalue weighted by Gasteiger charge is 2.40. The van der Waals surface area contributed by atoms with Crippen molar-refractivity contribution >= 4 is 39.6 Å². The van der Waals surface area contributed by atoms with Crippen molar-refractivity contribution in [1.82, 2.24) is 9.97 Å². The lowest BCUT2D eigenvalue weighted by molar-refractivity contribution is -0.169. The Bertz CT molecular complexity index is 1020. The number of ether oxygens (including phenoxy) is 1. The van der Waals surface area contributed by atoms with Crippen LogP contribution in [-0.4, -0.2) is 29.0 Å². The first-order valence-electron chi connectivity index (χ1n) is 8.35. The quantitative estimate of drug-likeness (QED) is 0.220. The van der Waals surface area contributed by atoms with Crippen LogP contribution in [0.3, 0.4) is 0 Å². The Morgan fingerprint density at radius 3 is 2.54 bits per heavy atom. The van der Waals surface area contributed by atoms with E-state index >= 15 is 0 Å². The average Bonchev–Trinajstić information content (AvgIpc) is 3.04. The summed E-state index contributed by atoms with van der Waals surface area (Å²) in [6.07, 6.45) is -2.24. The van der Waals surface area contributed by atoms with Crippen LogP contribution in [0.2, 0.25) is 5.15 Å². The van der Waals surface area contributed by atoms with Gasteiger partial charge in [-0.05, 0) is 25.0 Å². The zero-order chi connectivity index (χ0) is 20.5. The molecule has 0 atom stereocenters. The van der Waals surface area contributed by atoms with Gasteiger partial charge >= 0.3 is 17.8 Å². The van der Waals surface area contributed by atoms with Gasteiger partial charge < -0.3 is 9.15 Å². The zero-order valence-electron chi connectivity index (χ0n) is 14.6. The van der Waals surface area contributed by atoms with Gasteiger partial charge in [0.15, 0.2) is 10.7 Å². The van der Waals surface area contributed by atoms with Crippen LogP contribution in [0.5, 0.6) is 0 Å². The van der Waals surface area contributed by atoms with Gasteiger partial charge in [-0.3, -0.25) is 0 Å². The number of alkyl halides is 4. The number of nitrogens with zero attached hydrogens (tertiary/aromatic N) is 2. The molecule has 3 rings (SSSR count). The molecule has 2 heterocycles. The first-order valence-corrected chi connectivity index (χ1v) is 8.73. The maximum atomic E-state index is 14.5. The second-order valence-corrected chi connectivity index (χ2v) is 6.58. The summed E-state index contributed by atoms with van der Waals surface area (Å²) in [5.41, 5.74) is 0.682. The summed E-state index contributed by atoms with van der Waals surface area (Å²) in [7, 11) is 0.835. The number of carbonyl (C=O) groups is 1. The fraction of sp³-hybridized carbons (Fsp3) is 0.389. The number of hydrogen-bond donors (Lipinski definition) is 0. The number of para-hydroxylation sites is 1. The van der Waals surface area contributed by atoms with Gasteiger partial charge in [0.25, 0.3) is 0 Å². The second kappa shape index (κ2) is 7.54. The highest BCUT2D eigenvalue weighted by Crippen LogP contribution is 2.37. The molecule has 2 aromatic heterocycles. The molecule has 0 unspecified atom stereocenters. The van der Waals surface area contributed by atoms with E-state index in [1.54, 1.807) is 24.3 Å². The van der Waals surface area contributed by atoms with Gasteiger partial charge in [0.05, 0.1) is 7.11 Å². The van der Waals surface area contributed by atoms with Gasteiger partial charge in [-0.2, -0.15) is 17.6 Å². The lowest BCUT2D eigenvalue weighted by atomic mass is 10.1. The molecule has 0 radical (unpaired) electrons. The minimum Gasteiger partial charge on any atom is -0.465 e. The summed E-state index contributed by atoms with van der Waals surface area (Å²) in [6.45, 7) is 0. The molecule has 0 aliphatic heterocycles. The number of aromatic nitrogens is 2. The minimum absolute atomic E-state index is 0.0973. The van der Waals surface area contributed by atoms with Crippen molar-refractivity contribution in [2.75, 3.05) is 7.11 Å². The fourth-order valence-corrected chi connectivity index (χ4v) is 2.99. The summed E-state index contributed by atoms with van der Waals surface area (Å²) in [6, 6.07) is 6.71. The molecule has 1 aromatic carbocycles. The molecule has 0 aliphatic rings. The molecule has 0 aliphatic carbocycles. The largest absolute Gasteiger partial charge is 0.465 e. The Balaban J connectivity index is 1.77. The lowest BCUT2D eigenvalue weighted by Crippen LogP contribution is -2.29. The molecule has 0 saturated heterocycles. The van der Waals surface area contributed by atoms with Gasteiger partial charge in [0.2, 0.25) is 5.82 Å². The molecule has 0 N–H and O–H groups in total. The van der Waals surface area contributed by atoms with Crippen LogP contribution >= 0.6 is 11.6 Å². The van der Waals surface area contributed by atoms with Crippen molar-refractivity contribution < 1.29 is 31.5 Å². The lowest BCUT2D eigenvalue weighted by Gasteiger charge is -2.16. The molecule has 0 bridgehead atoms. The molecule has 5 nitrogen and oxygen atoms in total. The molecule has 0 saturated carbocycles. The van der Waals surface area contributed by atoms with Crippen LogP contribution < -0.4 is 0 Å². The Kier molecular flexibility index (Phi) is 5.47. The Hall–Kier alpha value is -2.42. The highest BCUT2D eigenvalue weighted by molar-refractivity contribution is 6.34. The summed E-state index contributed by atoms with van der Waals surface area (Å²) < 4.78 is 65.3. The van der Waals surface area contributed by atoms with Crippen LogP contribution in [0.4, 0.5) is 17.6 Å². The van der Waals surface area contributed by atoms with E-state index in [0.717, 1.165) is 7.11 Å². The third kappa shape index (κ3) is 3.89. The van der Waals surface area contributed by atoms with Gasteiger partial charge in [-0.15, -0.1) is 0 Å². The number of halogens is 5. The van der Waals surface area contributed by atoms with Crippen molar-refractivity contribution in [2.24, 2.45) is 0 Å². The first kappa shape index (κ1) is 20.3. The molecule has 150 valence electrons. The predicted octanol–water partition coefficient (Wildman–Crippen LogP) is 5.49. The van der Waals surface area contributed by atoms with E-state index in [2.05, 4.69) is 14.7 Å². The molecule has 0 amide bonds. The summed E-state index contributed by atoms with van der Waals surface area (Å²) in [5, 5.41) is 0.254. The van der Waals surface area contributed by atoms with E-state index in [9.17, 15) is 22.4 Å². The zero-order valence-corrected chi connectivity index (χ0v) is 15.4. The van der Waals surface area contributed by atoms with Crippen LogP contribution in [0.25, 0.3) is 22.1 Å². The molecule has 3 aromatic rings. The van der Waals surface area contributed by atoms with E-state index in [1.165, 1.54) is 0 Å². The molecule has 0 fully saturated rings. The number of carbonyl (C=O) groups excluding carboxylic acids is 1. The van der Waals surface area contributed by atoms with Crippen molar-refractivity contribution in [2.45, 2.75) is 37.5 Å². The Labute approximate surface area is 161 Å². The molecule has 0 spiro atoms. The third-order valence-corrected chi connectivity index (χ3v) is 4.48. The van der Waals surface area contributed by atoms with E-state index in [0.29, 0.717) is 11.0 Å². The summed E-state index contributed by atoms with van der Waals surface area (Å²) in [4.78, 5) is 18.5. The van der Waals surface area contributed by atoms with Crippen molar-refractivity contribution in [3.63, 3.8) is 0 Å². The first-order chi connectivity index (χ1) is 13.2. The fourth-order valence-electron chi connectivity index (χ4n) is 2.78. The van der Waals surface area contributed by atoms with Crippen molar-refractivity contribution in [3.8, 4) is 0 Å². The van der Waals surface area contributed by atoms with Crippen LogP contribution in [0.15, 0.2) is 28.7 Å². The van der Waals surface area contributed by atoms with Crippen molar-refractivity contribution in [3.05, 3.63) is 35.2 Å². The maximum Gasteiger partial charge on any atom is 0.376 e. The third-order valence-electron chi connectivity index (χ3n) is 4.22. The normalized spacial score (nSPS) is 12.6. The predicted molar refractivity (Wildman–Crippen MR) is 93.6 cm³/mol. The number of unbranched alkanes of at least 4 members (excludes halogenated alkanes) is 1. The second-order valence-electron chi connectivity index (χ2n) is 6.22. The number of hydrogen-bond acceptors (Lipinski definition) is 5. The standard InChI is InChI=1S/C18H15ClF4N2O3/c1-27-16(26)18(22,23)9-5-4-8-17(20,21)15-24-12-10-6-2-3-7-11(10)28-13(12)14(19)25-15/h2-3,6-7H,4-5,8-9H2,1H3. The number of furan rings is 1. The van der Waals surface area contributed by atoms with Gasteiger partial charge in [0, 0.05) is 18.2 Å². The van der Waals surface area contributed by atoms with Crippen LogP contribution in [-0.2, 0) is 15.5 Å². The van der Waals surface area contributed by atoms with Crippen LogP contribution in [0.1, 0.15) is 31.5 Å². The van der Waals surface area contributed by atoms with E-state index in [-0.39, 0.29) is 29.1 Å². The monoisotopic (exact) mass is 418 g/mol. The Morgan fingerprint density at radius 2 is 1.82 bits per heavy atom. The van der Waals surface area contributed by atoms with Gasteiger partial charge in [0.1, 0.15) is 11.1 Å².